The standard InChI is InChI=1S/C24H29N3O6S/c1-30-19-14-17(15-20(31-2)22(19)32-3)24-26-25-23(34-24)16-9-11-18(12-10-16)33-13-7-5-4-6-8-21(28)27-29/h9-12,14-15,29H,4-8,13H2,1-3H3,(H,27,28). The molecule has 0 atom stereocenters. The maximum absolute atomic E-state index is 11.0. The van der Waals surface area contributed by atoms with Gasteiger partial charge in [-0.05, 0) is 49.2 Å². The second-order valence-corrected chi connectivity index (χ2v) is 8.38. The lowest BCUT2D eigenvalue weighted by Crippen LogP contribution is -2.17. The second kappa shape index (κ2) is 12.8. The van der Waals surface area contributed by atoms with Crippen molar-refractivity contribution in [1.82, 2.24) is 15.7 Å². The molecule has 2 aromatic carbocycles. The quantitative estimate of drug-likeness (QED) is 0.202. The molecular weight excluding hydrogens is 458 g/mol. The molecule has 0 saturated carbocycles. The smallest absolute Gasteiger partial charge is 0.243 e. The first kappa shape index (κ1) is 25.3. The number of nitrogens with zero attached hydrogens (tertiary/aromatic N) is 2. The van der Waals surface area contributed by atoms with Crippen LogP contribution in [0.3, 0.4) is 0 Å². The molecule has 34 heavy (non-hydrogen) atoms. The van der Waals surface area contributed by atoms with Gasteiger partial charge in [0.1, 0.15) is 15.8 Å². The van der Waals surface area contributed by atoms with Gasteiger partial charge in [-0.2, -0.15) is 0 Å². The Kier molecular flexibility index (Phi) is 9.48. The first-order valence-corrected chi connectivity index (χ1v) is 11.7. The molecule has 0 bridgehead atoms. The van der Waals surface area contributed by atoms with Crippen LogP contribution in [0.2, 0.25) is 0 Å². The number of rotatable bonds is 13. The predicted molar refractivity (Wildman–Crippen MR) is 129 cm³/mol. The number of hydroxylamine groups is 1. The molecule has 0 fully saturated rings. The SMILES string of the molecule is COc1cc(-c2nnc(-c3ccc(OCCCCCCC(=O)NO)cc3)s2)cc(OC)c1OC. The number of unbranched alkanes of at least 4 members (excludes halogenated alkanes) is 3. The maximum Gasteiger partial charge on any atom is 0.243 e. The van der Waals surface area contributed by atoms with Gasteiger partial charge in [-0.15, -0.1) is 10.2 Å². The number of carbonyl (C=O) groups excluding carboxylic acids is 1. The molecule has 1 amide bonds. The van der Waals surface area contributed by atoms with E-state index in [2.05, 4.69) is 10.2 Å². The Morgan fingerprint density at radius 1 is 0.882 bits per heavy atom. The van der Waals surface area contributed by atoms with Crippen LogP contribution in [0, 0.1) is 0 Å². The first-order chi connectivity index (χ1) is 16.6. The Labute approximate surface area is 202 Å². The van der Waals surface area contributed by atoms with Crippen LogP contribution >= 0.6 is 11.3 Å². The summed E-state index contributed by atoms with van der Waals surface area (Å²) in [4.78, 5) is 11.0. The average Bonchev–Trinajstić information content (AvgIpc) is 3.37. The average molecular weight is 488 g/mol. The van der Waals surface area contributed by atoms with Gasteiger partial charge in [0, 0.05) is 17.5 Å². The monoisotopic (exact) mass is 487 g/mol. The third kappa shape index (κ3) is 6.58. The molecule has 0 spiro atoms. The number of hydrogen-bond acceptors (Lipinski definition) is 9. The van der Waals surface area contributed by atoms with E-state index in [1.165, 1.54) is 11.3 Å². The summed E-state index contributed by atoms with van der Waals surface area (Å²) in [5, 5.41) is 18.7. The van der Waals surface area contributed by atoms with Gasteiger partial charge in [-0.3, -0.25) is 10.0 Å². The molecular formula is C24H29N3O6S. The molecule has 0 aliphatic heterocycles. The van der Waals surface area contributed by atoms with Gasteiger partial charge >= 0.3 is 0 Å². The zero-order valence-electron chi connectivity index (χ0n) is 19.5. The maximum atomic E-state index is 11.0. The number of hydrogen-bond donors (Lipinski definition) is 2. The minimum Gasteiger partial charge on any atom is -0.494 e. The van der Waals surface area contributed by atoms with Crippen LogP contribution < -0.4 is 24.4 Å². The van der Waals surface area contributed by atoms with Gasteiger partial charge in [0.15, 0.2) is 11.5 Å². The number of carbonyl (C=O) groups is 1. The van der Waals surface area contributed by atoms with Crippen LogP contribution in [0.15, 0.2) is 36.4 Å². The highest BCUT2D eigenvalue weighted by Crippen LogP contribution is 2.42. The third-order valence-electron chi connectivity index (χ3n) is 5.13. The fourth-order valence-electron chi connectivity index (χ4n) is 3.34. The van der Waals surface area contributed by atoms with E-state index >= 15 is 0 Å². The number of benzene rings is 2. The van der Waals surface area contributed by atoms with Crippen molar-refractivity contribution in [2.75, 3.05) is 27.9 Å². The molecule has 9 nitrogen and oxygen atoms in total. The van der Waals surface area contributed by atoms with E-state index < -0.39 is 0 Å². The molecule has 3 aromatic rings. The topological polar surface area (TPSA) is 112 Å². The summed E-state index contributed by atoms with van der Waals surface area (Å²) < 4.78 is 22.0. The molecule has 2 N–H and O–H groups in total. The molecule has 182 valence electrons. The fraction of sp³-hybridized carbons (Fsp3) is 0.375. The number of methoxy groups -OCH3 is 3. The van der Waals surface area contributed by atoms with Crippen LogP contribution in [0.1, 0.15) is 32.1 Å². The van der Waals surface area contributed by atoms with Crippen molar-refractivity contribution in [3.05, 3.63) is 36.4 Å². The van der Waals surface area contributed by atoms with E-state index in [1.54, 1.807) is 26.8 Å². The molecule has 1 heterocycles. The lowest BCUT2D eigenvalue weighted by molar-refractivity contribution is -0.129. The van der Waals surface area contributed by atoms with E-state index in [4.69, 9.17) is 24.2 Å². The summed E-state index contributed by atoms with van der Waals surface area (Å²) >= 11 is 1.47. The Morgan fingerprint density at radius 2 is 1.50 bits per heavy atom. The predicted octanol–water partition coefficient (Wildman–Crippen LogP) is 4.73. The molecule has 0 unspecified atom stereocenters. The number of ether oxygens (including phenoxy) is 4. The fourth-order valence-corrected chi connectivity index (χ4v) is 4.18. The van der Waals surface area contributed by atoms with Gasteiger partial charge < -0.3 is 18.9 Å². The van der Waals surface area contributed by atoms with Crippen molar-refractivity contribution in [2.24, 2.45) is 0 Å². The van der Waals surface area contributed by atoms with Crippen molar-refractivity contribution in [2.45, 2.75) is 32.1 Å². The largest absolute Gasteiger partial charge is 0.494 e. The second-order valence-electron chi connectivity index (χ2n) is 7.40. The van der Waals surface area contributed by atoms with E-state index in [0.717, 1.165) is 52.6 Å². The molecule has 0 aliphatic carbocycles. The van der Waals surface area contributed by atoms with Gasteiger partial charge in [0.25, 0.3) is 0 Å². The van der Waals surface area contributed by atoms with Crippen LogP contribution in [0.5, 0.6) is 23.0 Å². The summed E-state index contributed by atoms with van der Waals surface area (Å²) in [6, 6.07) is 11.5. The Morgan fingerprint density at radius 3 is 2.09 bits per heavy atom. The lowest BCUT2D eigenvalue weighted by Gasteiger charge is -2.13. The highest BCUT2D eigenvalue weighted by atomic mass is 32.1. The third-order valence-corrected chi connectivity index (χ3v) is 6.15. The summed E-state index contributed by atoms with van der Waals surface area (Å²) in [7, 11) is 4.73. The molecule has 0 radical (unpaired) electrons. The summed E-state index contributed by atoms with van der Waals surface area (Å²) in [6.07, 6.45) is 3.87. The molecule has 3 rings (SSSR count). The van der Waals surface area contributed by atoms with E-state index in [0.29, 0.717) is 30.3 Å². The first-order valence-electron chi connectivity index (χ1n) is 10.9. The number of aromatic nitrogens is 2. The minimum atomic E-state index is -0.345. The summed E-state index contributed by atoms with van der Waals surface area (Å²) in [5.74, 6) is 2.10. The Bertz CT molecular complexity index is 1050. The van der Waals surface area contributed by atoms with Gasteiger partial charge in [0.05, 0.1) is 27.9 Å². The molecule has 10 heteroatoms. The van der Waals surface area contributed by atoms with Crippen LogP contribution in [0.25, 0.3) is 21.1 Å². The zero-order chi connectivity index (χ0) is 24.3. The number of amides is 1. The highest BCUT2D eigenvalue weighted by Gasteiger charge is 2.17. The van der Waals surface area contributed by atoms with E-state index in [1.807, 2.05) is 36.4 Å². The van der Waals surface area contributed by atoms with Crippen LogP contribution in [-0.2, 0) is 4.79 Å². The highest BCUT2D eigenvalue weighted by molar-refractivity contribution is 7.17. The van der Waals surface area contributed by atoms with Gasteiger partial charge in [0.2, 0.25) is 11.7 Å². The van der Waals surface area contributed by atoms with Gasteiger partial charge in [-0.25, -0.2) is 5.48 Å². The summed E-state index contributed by atoms with van der Waals surface area (Å²) in [5.41, 5.74) is 3.42. The molecule has 0 saturated heterocycles. The van der Waals surface area contributed by atoms with Gasteiger partial charge in [-0.1, -0.05) is 24.2 Å². The number of nitrogens with one attached hydrogen (secondary N) is 1. The Balaban J connectivity index is 1.56. The normalized spacial score (nSPS) is 10.6. The molecule has 1 aromatic heterocycles. The van der Waals surface area contributed by atoms with E-state index in [9.17, 15) is 4.79 Å². The van der Waals surface area contributed by atoms with Crippen LogP contribution in [0.4, 0.5) is 0 Å². The zero-order valence-corrected chi connectivity index (χ0v) is 20.3. The van der Waals surface area contributed by atoms with Crippen LogP contribution in [-0.4, -0.2) is 49.2 Å². The van der Waals surface area contributed by atoms with E-state index in [-0.39, 0.29) is 5.91 Å². The van der Waals surface area contributed by atoms with Crippen molar-refractivity contribution in [3.8, 4) is 44.1 Å². The van der Waals surface area contributed by atoms with Crippen molar-refractivity contribution < 1.29 is 28.9 Å². The molecule has 0 aliphatic rings. The minimum absolute atomic E-state index is 0.339. The van der Waals surface area contributed by atoms with Crippen molar-refractivity contribution in [3.63, 3.8) is 0 Å². The lowest BCUT2D eigenvalue weighted by atomic mass is 10.1. The van der Waals surface area contributed by atoms with Crippen molar-refractivity contribution >= 4 is 17.2 Å². The summed E-state index contributed by atoms with van der Waals surface area (Å²) in [6.45, 7) is 0.607. The Hall–Kier alpha value is -3.37. The van der Waals surface area contributed by atoms with Crippen molar-refractivity contribution in [1.29, 1.82) is 0 Å².